The first-order chi connectivity index (χ1) is 10.2. The fraction of sp³-hybridized carbons (Fsp3) is 0.286. The Bertz CT molecular complexity index is 634. The molecule has 0 aliphatic carbocycles. The Morgan fingerprint density at radius 3 is 2.90 bits per heavy atom. The van der Waals surface area contributed by atoms with Crippen LogP contribution in [-0.4, -0.2) is 34.2 Å². The number of carbonyl (C=O) groups excluding carboxylic acids is 1. The van der Waals surface area contributed by atoms with Crippen LogP contribution in [-0.2, 0) is 4.74 Å². The van der Waals surface area contributed by atoms with Gasteiger partial charge in [0.25, 0.3) is 0 Å². The standard InChI is InChI=1S/C14H15N5O2/c1-10(11-4-2-3-6-15-11)17-13-16-7-5-12(18-13)19-8-9-21-14(19)20/h2-7,10H,8-9H2,1H3,(H,16,17,18). The molecule has 1 aliphatic heterocycles. The lowest BCUT2D eigenvalue weighted by atomic mass is 10.2. The van der Waals surface area contributed by atoms with E-state index in [1.165, 1.54) is 4.90 Å². The summed E-state index contributed by atoms with van der Waals surface area (Å²) in [5.74, 6) is 0.980. The summed E-state index contributed by atoms with van der Waals surface area (Å²) in [6, 6.07) is 7.37. The summed E-state index contributed by atoms with van der Waals surface area (Å²) in [5.41, 5.74) is 0.895. The highest BCUT2D eigenvalue weighted by molar-refractivity contribution is 5.88. The molecule has 1 atom stereocenters. The second-order valence-electron chi connectivity index (χ2n) is 4.63. The van der Waals surface area contributed by atoms with Crippen LogP contribution in [0.25, 0.3) is 0 Å². The van der Waals surface area contributed by atoms with Crippen LogP contribution in [0.3, 0.4) is 0 Å². The van der Waals surface area contributed by atoms with E-state index in [1.54, 1.807) is 18.5 Å². The molecular formula is C14H15N5O2. The van der Waals surface area contributed by atoms with Crippen LogP contribution in [0.2, 0.25) is 0 Å². The van der Waals surface area contributed by atoms with Gasteiger partial charge in [-0.25, -0.2) is 9.78 Å². The maximum Gasteiger partial charge on any atom is 0.415 e. The lowest BCUT2D eigenvalue weighted by Crippen LogP contribution is -2.25. The first-order valence-corrected chi connectivity index (χ1v) is 6.69. The van der Waals surface area contributed by atoms with Crippen LogP contribution < -0.4 is 10.2 Å². The van der Waals surface area contributed by atoms with Crippen LogP contribution in [0.5, 0.6) is 0 Å². The number of carbonyl (C=O) groups is 1. The Hall–Kier alpha value is -2.70. The zero-order valence-corrected chi connectivity index (χ0v) is 11.6. The molecule has 1 aliphatic rings. The number of pyridine rings is 1. The van der Waals surface area contributed by atoms with Crippen LogP contribution in [0.15, 0.2) is 36.7 Å². The minimum atomic E-state index is -0.377. The quantitative estimate of drug-likeness (QED) is 0.925. The lowest BCUT2D eigenvalue weighted by molar-refractivity contribution is 0.181. The predicted molar refractivity (Wildman–Crippen MR) is 77.0 cm³/mol. The van der Waals surface area contributed by atoms with Crippen molar-refractivity contribution < 1.29 is 9.53 Å². The molecule has 1 saturated heterocycles. The van der Waals surface area contributed by atoms with Gasteiger partial charge in [0.15, 0.2) is 0 Å². The van der Waals surface area contributed by atoms with E-state index in [4.69, 9.17) is 4.74 Å². The summed E-state index contributed by atoms with van der Waals surface area (Å²) in [7, 11) is 0. The number of cyclic esters (lactones) is 1. The van der Waals surface area contributed by atoms with E-state index in [2.05, 4.69) is 20.3 Å². The molecule has 3 heterocycles. The van der Waals surface area contributed by atoms with Crippen molar-refractivity contribution in [2.24, 2.45) is 0 Å². The first kappa shape index (κ1) is 13.3. The number of nitrogens with one attached hydrogen (secondary N) is 1. The highest BCUT2D eigenvalue weighted by atomic mass is 16.6. The minimum Gasteiger partial charge on any atom is -0.447 e. The van der Waals surface area contributed by atoms with E-state index in [-0.39, 0.29) is 12.1 Å². The summed E-state index contributed by atoms with van der Waals surface area (Å²) in [6.07, 6.45) is 2.98. The fourth-order valence-corrected chi connectivity index (χ4v) is 2.07. The zero-order valence-electron chi connectivity index (χ0n) is 11.6. The van der Waals surface area contributed by atoms with Crippen molar-refractivity contribution in [1.82, 2.24) is 15.0 Å². The van der Waals surface area contributed by atoms with Crippen LogP contribution >= 0.6 is 0 Å². The Labute approximate surface area is 122 Å². The van der Waals surface area contributed by atoms with Crippen molar-refractivity contribution in [2.75, 3.05) is 23.4 Å². The number of ether oxygens (including phenoxy) is 1. The molecule has 2 aromatic heterocycles. The molecule has 7 heteroatoms. The highest BCUT2D eigenvalue weighted by Crippen LogP contribution is 2.19. The largest absolute Gasteiger partial charge is 0.447 e. The van der Waals surface area contributed by atoms with Crippen molar-refractivity contribution in [1.29, 1.82) is 0 Å². The Morgan fingerprint density at radius 1 is 1.29 bits per heavy atom. The maximum atomic E-state index is 11.5. The van der Waals surface area contributed by atoms with E-state index in [0.717, 1.165) is 5.69 Å². The van der Waals surface area contributed by atoms with E-state index in [0.29, 0.717) is 24.9 Å². The lowest BCUT2D eigenvalue weighted by Gasteiger charge is -2.15. The SMILES string of the molecule is CC(Nc1nccc(N2CCOC2=O)n1)c1ccccn1. The van der Waals surface area contributed by atoms with Crippen LogP contribution in [0.1, 0.15) is 18.7 Å². The Morgan fingerprint density at radius 2 is 2.19 bits per heavy atom. The molecule has 0 spiro atoms. The Balaban J connectivity index is 1.76. The number of rotatable bonds is 4. The topological polar surface area (TPSA) is 80.2 Å². The fourth-order valence-electron chi connectivity index (χ4n) is 2.07. The molecule has 108 valence electrons. The van der Waals surface area contributed by atoms with Gasteiger partial charge in [-0.2, -0.15) is 4.98 Å². The monoisotopic (exact) mass is 285 g/mol. The van der Waals surface area contributed by atoms with Crippen molar-refractivity contribution in [3.8, 4) is 0 Å². The van der Waals surface area contributed by atoms with E-state index >= 15 is 0 Å². The molecule has 0 bridgehead atoms. The number of nitrogens with zero attached hydrogens (tertiary/aromatic N) is 4. The summed E-state index contributed by atoms with van der Waals surface area (Å²) in [6.45, 7) is 2.86. The number of hydrogen-bond acceptors (Lipinski definition) is 6. The molecule has 2 aromatic rings. The Kier molecular flexibility index (Phi) is 3.63. The maximum absolute atomic E-state index is 11.5. The third-order valence-electron chi connectivity index (χ3n) is 3.16. The third kappa shape index (κ3) is 2.91. The number of aromatic nitrogens is 3. The molecule has 0 aromatic carbocycles. The molecule has 1 fully saturated rings. The van der Waals surface area contributed by atoms with E-state index < -0.39 is 0 Å². The molecular weight excluding hydrogens is 270 g/mol. The van der Waals surface area contributed by atoms with Crippen LogP contribution in [0, 0.1) is 0 Å². The van der Waals surface area contributed by atoms with Gasteiger partial charge < -0.3 is 10.1 Å². The number of hydrogen-bond donors (Lipinski definition) is 1. The molecule has 1 amide bonds. The number of amides is 1. The normalized spacial score (nSPS) is 15.7. The molecule has 3 rings (SSSR count). The summed E-state index contributed by atoms with van der Waals surface area (Å²) < 4.78 is 4.91. The van der Waals surface area contributed by atoms with Gasteiger partial charge >= 0.3 is 6.09 Å². The highest BCUT2D eigenvalue weighted by Gasteiger charge is 2.25. The predicted octanol–water partition coefficient (Wildman–Crippen LogP) is 2.00. The molecule has 1 N–H and O–H groups in total. The van der Waals surface area contributed by atoms with Gasteiger partial charge in [-0.15, -0.1) is 0 Å². The molecule has 7 nitrogen and oxygen atoms in total. The molecule has 21 heavy (non-hydrogen) atoms. The van der Waals surface area contributed by atoms with Crippen molar-refractivity contribution >= 4 is 17.9 Å². The zero-order chi connectivity index (χ0) is 14.7. The smallest absolute Gasteiger partial charge is 0.415 e. The summed E-state index contributed by atoms with van der Waals surface area (Å²) >= 11 is 0. The van der Waals surface area contributed by atoms with E-state index in [1.807, 2.05) is 25.1 Å². The molecule has 0 radical (unpaired) electrons. The third-order valence-corrected chi connectivity index (χ3v) is 3.16. The van der Waals surface area contributed by atoms with Gasteiger partial charge in [0.2, 0.25) is 5.95 Å². The van der Waals surface area contributed by atoms with Gasteiger partial charge in [0.1, 0.15) is 12.4 Å². The average molecular weight is 285 g/mol. The first-order valence-electron chi connectivity index (χ1n) is 6.69. The van der Waals surface area contributed by atoms with Gasteiger partial charge in [-0.1, -0.05) is 6.07 Å². The summed E-state index contributed by atoms with van der Waals surface area (Å²) in [4.78, 5) is 25.8. The van der Waals surface area contributed by atoms with Crippen molar-refractivity contribution in [2.45, 2.75) is 13.0 Å². The second-order valence-corrected chi connectivity index (χ2v) is 4.63. The molecule has 1 unspecified atom stereocenters. The number of anilines is 2. The average Bonchev–Trinajstić information content (AvgIpc) is 2.94. The van der Waals surface area contributed by atoms with Crippen LogP contribution in [0.4, 0.5) is 16.6 Å². The van der Waals surface area contributed by atoms with Gasteiger partial charge in [-0.3, -0.25) is 9.88 Å². The van der Waals surface area contributed by atoms with Gasteiger partial charge in [0.05, 0.1) is 18.3 Å². The van der Waals surface area contributed by atoms with Crippen molar-refractivity contribution in [3.63, 3.8) is 0 Å². The van der Waals surface area contributed by atoms with Gasteiger partial charge in [-0.05, 0) is 25.1 Å². The minimum absolute atomic E-state index is 0.0352. The van der Waals surface area contributed by atoms with Gasteiger partial charge in [0, 0.05) is 12.4 Å². The summed E-state index contributed by atoms with van der Waals surface area (Å²) in [5, 5.41) is 3.17. The van der Waals surface area contributed by atoms with E-state index in [9.17, 15) is 4.79 Å². The molecule has 0 saturated carbocycles. The second kappa shape index (κ2) is 5.74. The van der Waals surface area contributed by atoms with Crippen molar-refractivity contribution in [3.05, 3.63) is 42.4 Å².